The molecule has 1 aliphatic heterocycles. The van der Waals surface area contributed by atoms with Gasteiger partial charge in [-0.2, -0.15) is 0 Å². The maximum absolute atomic E-state index is 12.4. The lowest BCUT2D eigenvalue weighted by atomic mass is 10.1. The van der Waals surface area contributed by atoms with E-state index in [0.29, 0.717) is 11.4 Å². The third kappa shape index (κ3) is 4.70. The van der Waals surface area contributed by atoms with Crippen LogP contribution in [0.1, 0.15) is 37.7 Å². The highest BCUT2D eigenvalue weighted by molar-refractivity contribution is 7.99. The van der Waals surface area contributed by atoms with Crippen molar-refractivity contribution in [3.05, 3.63) is 18.0 Å². The summed E-state index contributed by atoms with van der Waals surface area (Å²) in [6.45, 7) is 5.34. The number of amides is 1. The molecule has 0 bridgehead atoms. The van der Waals surface area contributed by atoms with Gasteiger partial charge >= 0.3 is 11.9 Å². The minimum atomic E-state index is -0.590. The van der Waals surface area contributed by atoms with Gasteiger partial charge in [-0.25, -0.2) is 9.78 Å². The topological polar surface area (TPSA) is 94.6 Å². The maximum atomic E-state index is 12.4. The van der Waals surface area contributed by atoms with Crippen LogP contribution < -0.4 is 5.32 Å². The van der Waals surface area contributed by atoms with Crippen molar-refractivity contribution in [3.63, 3.8) is 0 Å². The summed E-state index contributed by atoms with van der Waals surface area (Å²) in [5.74, 6) is -1.36. The average molecular weight is 352 g/mol. The second-order valence-corrected chi connectivity index (χ2v) is 7.41. The number of nitrogens with one attached hydrogen (secondary N) is 1. The number of nitrogens with zero attached hydrogens (tertiary/aromatic N) is 1. The van der Waals surface area contributed by atoms with Crippen molar-refractivity contribution in [2.24, 2.45) is 5.92 Å². The van der Waals surface area contributed by atoms with Crippen LogP contribution in [-0.4, -0.2) is 41.3 Å². The second-order valence-electron chi connectivity index (χ2n) is 6.35. The molecule has 1 atom stereocenters. The Bertz CT molecular complexity index is 669. The number of rotatable bonds is 3. The van der Waals surface area contributed by atoms with Crippen LogP contribution in [0.25, 0.3) is 0 Å². The fourth-order valence-electron chi connectivity index (χ4n) is 2.11. The smallest absolute Gasteiger partial charge is 0.356 e. The van der Waals surface area contributed by atoms with Crippen molar-refractivity contribution in [2.45, 2.75) is 37.7 Å². The van der Waals surface area contributed by atoms with E-state index in [9.17, 15) is 14.4 Å². The van der Waals surface area contributed by atoms with Gasteiger partial charge in [-0.3, -0.25) is 9.59 Å². The number of hydrogen-bond donors (Lipinski definition) is 1. The van der Waals surface area contributed by atoms with Crippen molar-refractivity contribution in [2.75, 3.05) is 18.2 Å². The zero-order valence-corrected chi connectivity index (χ0v) is 14.9. The lowest BCUT2D eigenvalue weighted by molar-refractivity contribution is -0.156. The normalized spacial score (nSPS) is 17.3. The Hall–Kier alpha value is -2.09. The zero-order chi connectivity index (χ0) is 17.9. The van der Waals surface area contributed by atoms with E-state index in [-0.39, 0.29) is 18.0 Å². The number of anilines is 1. The van der Waals surface area contributed by atoms with Crippen molar-refractivity contribution < 1.29 is 23.9 Å². The number of carbonyl (C=O) groups excluding carboxylic acids is 3. The Labute approximate surface area is 144 Å². The molecule has 0 saturated carbocycles. The molecule has 1 amide bonds. The van der Waals surface area contributed by atoms with Gasteiger partial charge in [-0.05, 0) is 26.8 Å². The fraction of sp³-hybridized carbons (Fsp3) is 0.500. The molecule has 0 spiro atoms. The minimum Gasteiger partial charge on any atom is -0.464 e. The van der Waals surface area contributed by atoms with Crippen LogP contribution in [0.3, 0.4) is 0 Å². The Morgan fingerprint density at radius 2 is 2.12 bits per heavy atom. The Balaban J connectivity index is 2.11. The fourth-order valence-corrected chi connectivity index (χ4v) is 3.15. The SMILES string of the molecule is COC(=O)c1cc2c(cn1)SC[C@H](CC(=O)OC(C)(C)C)C(=O)N2. The molecule has 130 valence electrons. The van der Waals surface area contributed by atoms with Gasteiger partial charge in [-0.15, -0.1) is 11.8 Å². The van der Waals surface area contributed by atoms with Crippen molar-refractivity contribution in [3.8, 4) is 0 Å². The van der Waals surface area contributed by atoms with E-state index >= 15 is 0 Å². The molecule has 24 heavy (non-hydrogen) atoms. The van der Waals surface area contributed by atoms with Gasteiger partial charge < -0.3 is 14.8 Å². The maximum Gasteiger partial charge on any atom is 0.356 e. The highest BCUT2D eigenvalue weighted by atomic mass is 32.2. The monoisotopic (exact) mass is 352 g/mol. The molecule has 1 aromatic heterocycles. The molecule has 0 aliphatic carbocycles. The Morgan fingerprint density at radius 1 is 1.42 bits per heavy atom. The molecule has 2 rings (SSSR count). The van der Waals surface area contributed by atoms with E-state index in [1.54, 1.807) is 20.8 Å². The lowest BCUT2D eigenvalue weighted by Gasteiger charge is -2.21. The number of thioether (sulfide) groups is 1. The Morgan fingerprint density at radius 3 is 2.75 bits per heavy atom. The number of methoxy groups -OCH3 is 1. The van der Waals surface area contributed by atoms with E-state index in [2.05, 4.69) is 15.0 Å². The summed E-state index contributed by atoms with van der Waals surface area (Å²) < 4.78 is 9.89. The molecule has 2 heterocycles. The molecular weight excluding hydrogens is 332 g/mol. The van der Waals surface area contributed by atoms with E-state index in [0.717, 1.165) is 4.90 Å². The first-order valence-corrected chi connectivity index (χ1v) is 8.42. The number of esters is 2. The largest absolute Gasteiger partial charge is 0.464 e. The van der Waals surface area contributed by atoms with E-state index < -0.39 is 23.5 Å². The average Bonchev–Trinajstić information content (AvgIpc) is 2.63. The van der Waals surface area contributed by atoms with E-state index in [1.165, 1.54) is 31.1 Å². The summed E-state index contributed by atoms with van der Waals surface area (Å²) in [4.78, 5) is 40.6. The first-order valence-electron chi connectivity index (χ1n) is 7.43. The molecule has 0 unspecified atom stereocenters. The molecule has 7 nitrogen and oxygen atoms in total. The van der Waals surface area contributed by atoms with Crippen LogP contribution in [-0.2, 0) is 19.1 Å². The molecule has 0 aromatic carbocycles. The van der Waals surface area contributed by atoms with Crippen LogP contribution >= 0.6 is 11.8 Å². The quantitative estimate of drug-likeness (QED) is 0.834. The molecule has 1 N–H and O–H groups in total. The van der Waals surface area contributed by atoms with Gasteiger partial charge in [0.15, 0.2) is 0 Å². The molecule has 1 aromatic rings. The Kier molecular flexibility index (Phi) is 5.48. The minimum absolute atomic E-state index is 0.00137. The summed E-state index contributed by atoms with van der Waals surface area (Å²) in [6.07, 6.45) is 1.52. The number of fused-ring (bicyclic) bond motifs is 1. The number of aromatic nitrogens is 1. The number of carbonyl (C=O) groups is 3. The van der Waals surface area contributed by atoms with Crippen molar-refractivity contribution in [1.29, 1.82) is 0 Å². The number of ether oxygens (including phenoxy) is 2. The van der Waals surface area contributed by atoms with Gasteiger partial charge in [0, 0.05) is 16.8 Å². The summed E-state index contributed by atoms with van der Waals surface area (Å²) >= 11 is 1.40. The highest BCUT2D eigenvalue weighted by Gasteiger charge is 2.29. The second kappa shape index (κ2) is 7.21. The number of hydrogen-bond acceptors (Lipinski definition) is 7. The molecule has 0 fully saturated rings. The predicted molar refractivity (Wildman–Crippen MR) is 88.9 cm³/mol. The van der Waals surface area contributed by atoms with E-state index in [1.807, 2.05) is 0 Å². The number of pyridine rings is 1. The van der Waals surface area contributed by atoms with Gasteiger partial charge in [0.25, 0.3) is 0 Å². The van der Waals surface area contributed by atoms with Crippen LogP contribution in [0, 0.1) is 5.92 Å². The van der Waals surface area contributed by atoms with Gasteiger partial charge in [0.2, 0.25) is 5.91 Å². The first-order chi connectivity index (χ1) is 11.2. The van der Waals surface area contributed by atoms with Crippen LogP contribution in [0.15, 0.2) is 17.2 Å². The highest BCUT2D eigenvalue weighted by Crippen LogP contribution is 2.33. The van der Waals surface area contributed by atoms with Gasteiger partial charge in [0.05, 0.1) is 25.1 Å². The summed E-state index contributed by atoms with van der Waals surface area (Å²) in [6, 6.07) is 1.47. The predicted octanol–water partition coefficient (Wildman–Crippen LogP) is 2.26. The van der Waals surface area contributed by atoms with Crippen LogP contribution in [0.2, 0.25) is 0 Å². The molecule has 1 aliphatic rings. The van der Waals surface area contributed by atoms with Crippen LogP contribution in [0.4, 0.5) is 5.69 Å². The third-order valence-electron chi connectivity index (χ3n) is 3.16. The van der Waals surface area contributed by atoms with Crippen molar-refractivity contribution in [1.82, 2.24) is 4.98 Å². The summed E-state index contributed by atoms with van der Waals surface area (Å²) in [5, 5.41) is 2.74. The summed E-state index contributed by atoms with van der Waals surface area (Å²) in [7, 11) is 1.26. The van der Waals surface area contributed by atoms with Crippen LogP contribution in [0.5, 0.6) is 0 Å². The lowest BCUT2D eigenvalue weighted by Crippen LogP contribution is -2.30. The standard InChI is InChI=1S/C16H20N2O5S/c1-16(2,3)23-13(19)5-9-8-24-12-7-17-11(15(21)22-4)6-10(12)18-14(9)20/h6-7,9H,5,8H2,1-4H3,(H,18,20)/t9-/m0/s1. The molecule has 0 radical (unpaired) electrons. The zero-order valence-electron chi connectivity index (χ0n) is 14.0. The molecule has 0 saturated heterocycles. The summed E-state index contributed by atoms with van der Waals surface area (Å²) in [5.41, 5.74) is 0.0168. The molecular formula is C16H20N2O5S. The van der Waals surface area contributed by atoms with Gasteiger partial charge in [-0.1, -0.05) is 0 Å². The molecule has 8 heteroatoms. The van der Waals surface area contributed by atoms with Gasteiger partial charge in [0.1, 0.15) is 11.3 Å². The van der Waals surface area contributed by atoms with Crippen molar-refractivity contribution >= 4 is 35.3 Å². The first kappa shape index (κ1) is 18.3. The van der Waals surface area contributed by atoms with E-state index in [4.69, 9.17) is 4.74 Å². The third-order valence-corrected chi connectivity index (χ3v) is 4.37.